The van der Waals surface area contributed by atoms with Gasteiger partial charge in [0.1, 0.15) is 17.4 Å². The van der Waals surface area contributed by atoms with Crippen LogP contribution in [0, 0.1) is 11.7 Å². The fraction of sp³-hybridized carbons (Fsp3) is 0.320. The van der Waals surface area contributed by atoms with Crippen molar-refractivity contribution in [2.45, 2.75) is 19.0 Å². The van der Waals surface area contributed by atoms with E-state index < -0.39 is 0 Å². The molecule has 2 aliphatic rings. The Hall–Kier alpha value is -3.68. The zero-order valence-corrected chi connectivity index (χ0v) is 18.4. The molecule has 1 N–H and O–H groups in total. The minimum absolute atomic E-state index is 0.0546. The van der Waals surface area contributed by atoms with E-state index >= 15 is 0 Å². The maximum Gasteiger partial charge on any atom is 0.225 e. The van der Waals surface area contributed by atoms with Gasteiger partial charge in [0, 0.05) is 55.9 Å². The van der Waals surface area contributed by atoms with Crippen molar-refractivity contribution in [2.75, 3.05) is 36.5 Å². The molecule has 2 aromatic carbocycles. The topological polar surface area (TPSA) is 70.6 Å². The van der Waals surface area contributed by atoms with Crippen molar-refractivity contribution in [3.05, 3.63) is 78.0 Å². The number of anilines is 2. The predicted octanol–water partition coefficient (Wildman–Crippen LogP) is 2.81. The highest BCUT2D eigenvalue weighted by atomic mass is 19.1. The van der Waals surface area contributed by atoms with E-state index in [0.717, 1.165) is 35.9 Å². The summed E-state index contributed by atoms with van der Waals surface area (Å²) in [5.41, 5.74) is 2.70. The van der Waals surface area contributed by atoms with Crippen LogP contribution in [-0.4, -0.2) is 48.7 Å². The van der Waals surface area contributed by atoms with Crippen LogP contribution in [0.25, 0.3) is 0 Å². The highest BCUT2D eigenvalue weighted by Gasteiger charge is 2.42. The molecule has 1 amide bonds. The van der Waals surface area contributed by atoms with Crippen LogP contribution < -0.4 is 19.9 Å². The summed E-state index contributed by atoms with van der Waals surface area (Å²) in [5, 5.41) is 2.97. The molecule has 0 spiro atoms. The van der Waals surface area contributed by atoms with Gasteiger partial charge < -0.3 is 19.9 Å². The number of nitrogens with one attached hydrogen (secondary N) is 1. The molecule has 7 nitrogen and oxygen atoms in total. The van der Waals surface area contributed by atoms with Crippen LogP contribution in [0.1, 0.15) is 11.1 Å². The number of hydrogen-bond donors (Lipinski definition) is 1. The van der Waals surface area contributed by atoms with Crippen molar-refractivity contribution in [2.24, 2.45) is 5.92 Å². The second-order valence-electron chi connectivity index (χ2n) is 8.38. The number of nitrogens with zero attached hydrogens (tertiary/aromatic N) is 4. The van der Waals surface area contributed by atoms with Gasteiger partial charge >= 0.3 is 0 Å². The van der Waals surface area contributed by atoms with Crippen LogP contribution in [0.5, 0.6) is 5.75 Å². The van der Waals surface area contributed by atoms with E-state index in [9.17, 15) is 9.18 Å². The number of rotatable bonds is 5. The SMILES string of the molecule is COc1ccc2c(c1)N1CCN(c3cnccn3)C[C@@H]1[C@H](C(=O)NCc1ccccc1F)C2. The summed E-state index contributed by atoms with van der Waals surface area (Å²) in [4.78, 5) is 26.5. The lowest BCUT2D eigenvalue weighted by Gasteiger charge is -2.49. The van der Waals surface area contributed by atoms with Crippen LogP contribution in [-0.2, 0) is 17.8 Å². The maximum absolute atomic E-state index is 14.1. The van der Waals surface area contributed by atoms with E-state index in [1.165, 1.54) is 6.07 Å². The predicted molar refractivity (Wildman–Crippen MR) is 124 cm³/mol. The Morgan fingerprint density at radius 3 is 2.88 bits per heavy atom. The quantitative estimate of drug-likeness (QED) is 0.649. The average molecular weight is 448 g/mol. The molecule has 1 saturated heterocycles. The number of methoxy groups -OCH3 is 1. The van der Waals surface area contributed by atoms with Gasteiger partial charge in [-0.25, -0.2) is 9.37 Å². The van der Waals surface area contributed by atoms with E-state index in [0.29, 0.717) is 18.5 Å². The average Bonchev–Trinajstić information content (AvgIpc) is 2.87. The molecule has 0 unspecified atom stereocenters. The first-order valence-electron chi connectivity index (χ1n) is 11.1. The van der Waals surface area contributed by atoms with Gasteiger partial charge in [0.25, 0.3) is 0 Å². The minimum Gasteiger partial charge on any atom is -0.497 e. The van der Waals surface area contributed by atoms with Crippen molar-refractivity contribution in [3.63, 3.8) is 0 Å². The maximum atomic E-state index is 14.1. The van der Waals surface area contributed by atoms with Gasteiger partial charge in [-0.15, -0.1) is 0 Å². The Bertz CT molecular complexity index is 1140. The van der Waals surface area contributed by atoms with Crippen molar-refractivity contribution in [1.82, 2.24) is 15.3 Å². The third kappa shape index (κ3) is 4.20. The third-order valence-electron chi connectivity index (χ3n) is 6.55. The van der Waals surface area contributed by atoms with E-state index in [1.54, 1.807) is 43.9 Å². The Balaban J connectivity index is 1.42. The highest BCUT2D eigenvalue weighted by Crippen LogP contribution is 2.38. The Kier molecular flexibility index (Phi) is 5.81. The smallest absolute Gasteiger partial charge is 0.225 e. The molecule has 1 aromatic heterocycles. The van der Waals surface area contributed by atoms with Gasteiger partial charge in [-0.05, 0) is 24.1 Å². The minimum atomic E-state index is -0.313. The van der Waals surface area contributed by atoms with Crippen LogP contribution in [0.2, 0.25) is 0 Å². The molecule has 0 saturated carbocycles. The number of piperazine rings is 1. The van der Waals surface area contributed by atoms with Crippen molar-refractivity contribution < 1.29 is 13.9 Å². The lowest BCUT2D eigenvalue weighted by atomic mass is 9.83. The molecule has 2 aliphatic heterocycles. The normalized spacial score (nSPS) is 19.5. The number of amides is 1. The summed E-state index contributed by atoms with van der Waals surface area (Å²) in [7, 11) is 1.66. The Morgan fingerprint density at radius 2 is 2.09 bits per heavy atom. The molecule has 3 aromatic rings. The number of aromatic nitrogens is 2. The number of hydrogen-bond acceptors (Lipinski definition) is 6. The van der Waals surface area contributed by atoms with Crippen molar-refractivity contribution in [1.29, 1.82) is 0 Å². The Morgan fingerprint density at radius 1 is 1.21 bits per heavy atom. The number of fused-ring (bicyclic) bond motifs is 3. The van der Waals surface area contributed by atoms with E-state index in [-0.39, 0.29) is 30.2 Å². The molecule has 0 radical (unpaired) electrons. The van der Waals surface area contributed by atoms with Gasteiger partial charge in [-0.2, -0.15) is 0 Å². The summed E-state index contributed by atoms with van der Waals surface area (Å²) < 4.78 is 19.5. The van der Waals surface area contributed by atoms with Gasteiger partial charge in [0.15, 0.2) is 0 Å². The first kappa shape index (κ1) is 21.2. The van der Waals surface area contributed by atoms with Gasteiger partial charge in [-0.1, -0.05) is 24.3 Å². The number of carbonyl (C=O) groups is 1. The highest BCUT2D eigenvalue weighted by molar-refractivity contribution is 5.82. The summed E-state index contributed by atoms with van der Waals surface area (Å²) in [6.45, 7) is 2.33. The second kappa shape index (κ2) is 9.05. The van der Waals surface area contributed by atoms with E-state index in [4.69, 9.17) is 4.74 Å². The van der Waals surface area contributed by atoms with Crippen molar-refractivity contribution in [3.8, 4) is 5.75 Å². The first-order chi connectivity index (χ1) is 16.1. The zero-order chi connectivity index (χ0) is 22.8. The number of ether oxygens (including phenoxy) is 1. The summed E-state index contributed by atoms with van der Waals surface area (Å²) in [5.74, 6) is 0.935. The second-order valence-corrected chi connectivity index (χ2v) is 8.38. The van der Waals surface area contributed by atoms with Crippen LogP contribution in [0.4, 0.5) is 15.9 Å². The zero-order valence-electron chi connectivity index (χ0n) is 18.4. The van der Waals surface area contributed by atoms with Gasteiger partial charge in [0.05, 0.1) is 25.3 Å². The molecule has 170 valence electrons. The van der Waals surface area contributed by atoms with Gasteiger partial charge in [0.2, 0.25) is 5.91 Å². The van der Waals surface area contributed by atoms with Crippen LogP contribution in [0.3, 0.4) is 0 Å². The molecule has 5 rings (SSSR count). The molecule has 8 heteroatoms. The summed E-state index contributed by atoms with van der Waals surface area (Å²) in [6, 6.07) is 12.5. The fourth-order valence-corrected chi connectivity index (χ4v) is 4.82. The standard InChI is InChI=1S/C25H26FN5O2/c1-33-19-7-6-17-12-20(25(32)29-14-18-4-2-3-5-21(18)26)23-16-30(24-15-27-8-9-28-24)10-11-31(23)22(17)13-19/h2-9,13,15,20,23H,10-12,14,16H2,1H3,(H,29,32)/t20-,23-/m1/s1. The monoisotopic (exact) mass is 447 g/mol. The molecule has 2 atom stereocenters. The lowest BCUT2D eigenvalue weighted by molar-refractivity contribution is -0.126. The molecular weight excluding hydrogens is 421 g/mol. The molecule has 3 heterocycles. The van der Waals surface area contributed by atoms with E-state index in [2.05, 4.69) is 25.1 Å². The lowest BCUT2D eigenvalue weighted by Crippen LogP contribution is -2.61. The first-order valence-corrected chi connectivity index (χ1v) is 11.1. The van der Waals surface area contributed by atoms with Gasteiger partial charge in [-0.3, -0.25) is 9.78 Å². The molecule has 0 aliphatic carbocycles. The Labute approximate surface area is 192 Å². The molecule has 1 fully saturated rings. The summed E-state index contributed by atoms with van der Waals surface area (Å²) in [6.07, 6.45) is 5.70. The number of halogens is 1. The molecule has 0 bridgehead atoms. The number of benzene rings is 2. The van der Waals surface area contributed by atoms with Crippen LogP contribution >= 0.6 is 0 Å². The fourth-order valence-electron chi connectivity index (χ4n) is 4.82. The van der Waals surface area contributed by atoms with E-state index in [1.807, 2.05) is 18.2 Å². The van der Waals surface area contributed by atoms with Crippen LogP contribution in [0.15, 0.2) is 61.1 Å². The van der Waals surface area contributed by atoms with Crippen molar-refractivity contribution >= 4 is 17.4 Å². The molecular formula is C25H26FN5O2. The third-order valence-corrected chi connectivity index (χ3v) is 6.55. The largest absolute Gasteiger partial charge is 0.497 e. The summed E-state index contributed by atoms with van der Waals surface area (Å²) >= 11 is 0. The molecule has 33 heavy (non-hydrogen) atoms. The number of carbonyl (C=O) groups excluding carboxylic acids is 1.